The zero-order valence-corrected chi connectivity index (χ0v) is 14.5. The predicted molar refractivity (Wildman–Crippen MR) is 91.1 cm³/mol. The van der Waals surface area contributed by atoms with Crippen LogP contribution in [0.2, 0.25) is 0 Å². The average molecular weight is 359 g/mol. The van der Waals surface area contributed by atoms with Gasteiger partial charge in [0.25, 0.3) is 5.91 Å². The van der Waals surface area contributed by atoms with E-state index in [0.717, 1.165) is 0 Å². The second kappa shape index (κ2) is 8.11. The molecule has 26 heavy (non-hydrogen) atoms. The molecule has 1 aromatic heterocycles. The van der Waals surface area contributed by atoms with E-state index in [1.165, 1.54) is 44.4 Å². The first-order valence-corrected chi connectivity index (χ1v) is 7.58. The van der Waals surface area contributed by atoms with Crippen molar-refractivity contribution in [1.29, 1.82) is 0 Å². The summed E-state index contributed by atoms with van der Waals surface area (Å²) in [7, 11) is 1.27. The number of rotatable bonds is 5. The van der Waals surface area contributed by atoms with Gasteiger partial charge in [-0.25, -0.2) is 14.4 Å². The molecule has 0 saturated carbocycles. The largest absolute Gasteiger partial charge is 0.465 e. The third-order valence-corrected chi connectivity index (χ3v) is 3.46. The summed E-state index contributed by atoms with van der Waals surface area (Å²) >= 11 is 0. The van der Waals surface area contributed by atoms with Gasteiger partial charge in [0.1, 0.15) is 11.3 Å². The van der Waals surface area contributed by atoms with Gasteiger partial charge in [0.2, 0.25) is 0 Å². The standard InChI is InChI=1S/C18H17NO7/c1-10-8-15(21)26-11(2)16(10)18(23)25-9-14(20)19-13-6-4-12(5-7-13)17(22)24-3/h4-8H,9H2,1-3H3,(H,19,20). The number of anilines is 1. The van der Waals surface area contributed by atoms with E-state index in [1.807, 2.05) is 0 Å². The molecule has 0 spiro atoms. The van der Waals surface area contributed by atoms with Crippen LogP contribution in [0, 0.1) is 13.8 Å². The molecule has 136 valence electrons. The van der Waals surface area contributed by atoms with Gasteiger partial charge in [0.05, 0.1) is 12.7 Å². The fourth-order valence-corrected chi connectivity index (χ4v) is 2.27. The van der Waals surface area contributed by atoms with Crippen molar-refractivity contribution in [2.24, 2.45) is 0 Å². The lowest BCUT2D eigenvalue weighted by molar-refractivity contribution is -0.119. The van der Waals surface area contributed by atoms with E-state index in [2.05, 4.69) is 10.1 Å². The maximum absolute atomic E-state index is 12.1. The third-order valence-electron chi connectivity index (χ3n) is 3.46. The fourth-order valence-electron chi connectivity index (χ4n) is 2.27. The summed E-state index contributed by atoms with van der Waals surface area (Å²) in [6.07, 6.45) is 0. The number of carbonyl (C=O) groups excluding carboxylic acids is 3. The normalized spacial score (nSPS) is 10.1. The zero-order valence-electron chi connectivity index (χ0n) is 14.5. The van der Waals surface area contributed by atoms with Crippen molar-refractivity contribution in [3.8, 4) is 0 Å². The van der Waals surface area contributed by atoms with E-state index in [0.29, 0.717) is 16.8 Å². The monoisotopic (exact) mass is 359 g/mol. The summed E-state index contributed by atoms with van der Waals surface area (Å²) in [6.45, 7) is 2.52. The first-order valence-electron chi connectivity index (χ1n) is 7.58. The first kappa shape index (κ1) is 18.9. The van der Waals surface area contributed by atoms with Crippen LogP contribution in [0.5, 0.6) is 0 Å². The molecule has 0 saturated heterocycles. The van der Waals surface area contributed by atoms with Crippen LogP contribution in [0.3, 0.4) is 0 Å². The molecule has 0 unspecified atom stereocenters. The highest BCUT2D eigenvalue weighted by Gasteiger charge is 2.18. The lowest BCUT2D eigenvalue weighted by atomic mass is 10.1. The van der Waals surface area contributed by atoms with Crippen molar-refractivity contribution in [3.05, 3.63) is 63.2 Å². The zero-order chi connectivity index (χ0) is 19.3. The van der Waals surface area contributed by atoms with E-state index in [-0.39, 0.29) is 11.3 Å². The summed E-state index contributed by atoms with van der Waals surface area (Å²) in [5, 5.41) is 2.53. The molecule has 1 heterocycles. The van der Waals surface area contributed by atoms with Gasteiger partial charge in [-0.05, 0) is 43.7 Å². The Labute approximate surface area is 148 Å². The van der Waals surface area contributed by atoms with Gasteiger partial charge in [-0.3, -0.25) is 4.79 Å². The molecule has 0 bridgehead atoms. The molecule has 2 aromatic rings. The van der Waals surface area contributed by atoms with Crippen LogP contribution in [0.1, 0.15) is 32.0 Å². The number of carbonyl (C=O) groups is 3. The van der Waals surface area contributed by atoms with Crippen molar-refractivity contribution in [2.75, 3.05) is 19.0 Å². The van der Waals surface area contributed by atoms with Gasteiger partial charge >= 0.3 is 17.6 Å². The Morgan fingerprint density at radius 3 is 2.31 bits per heavy atom. The molecular weight excluding hydrogens is 342 g/mol. The molecule has 8 heteroatoms. The van der Waals surface area contributed by atoms with Crippen molar-refractivity contribution < 1.29 is 28.3 Å². The number of ether oxygens (including phenoxy) is 2. The molecule has 0 fully saturated rings. The maximum atomic E-state index is 12.1. The summed E-state index contributed by atoms with van der Waals surface area (Å²) < 4.78 is 14.4. The smallest absolute Gasteiger partial charge is 0.342 e. The minimum absolute atomic E-state index is 0.111. The quantitative estimate of drug-likeness (QED) is 0.811. The van der Waals surface area contributed by atoms with Gasteiger partial charge in [-0.15, -0.1) is 0 Å². The number of aryl methyl sites for hydroxylation is 2. The summed E-state index contributed by atoms with van der Waals surface area (Å²) in [5.74, 6) is -1.69. The Bertz CT molecular complexity index is 870. The van der Waals surface area contributed by atoms with Crippen LogP contribution in [0.15, 0.2) is 39.5 Å². The minimum Gasteiger partial charge on any atom is -0.465 e. The number of esters is 2. The Hall–Kier alpha value is -3.42. The Morgan fingerprint density at radius 2 is 1.73 bits per heavy atom. The van der Waals surface area contributed by atoms with Gasteiger partial charge in [-0.2, -0.15) is 0 Å². The lowest BCUT2D eigenvalue weighted by Crippen LogP contribution is -2.22. The second-order valence-corrected chi connectivity index (χ2v) is 5.37. The number of amides is 1. The molecule has 0 radical (unpaired) electrons. The maximum Gasteiger partial charge on any atom is 0.342 e. The SMILES string of the molecule is COC(=O)c1ccc(NC(=O)COC(=O)c2c(C)cc(=O)oc2C)cc1. The minimum atomic E-state index is -0.764. The highest BCUT2D eigenvalue weighted by Crippen LogP contribution is 2.13. The molecule has 1 N–H and O–H groups in total. The summed E-state index contributed by atoms with van der Waals surface area (Å²) in [5.41, 5.74) is 0.720. The van der Waals surface area contributed by atoms with Crippen molar-refractivity contribution in [1.82, 2.24) is 0 Å². The number of benzene rings is 1. The molecule has 8 nitrogen and oxygen atoms in total. The fraction of sp³-hybridized carbons (Fsp3) is 0.222. The van der Waals surface area contributed by atoms with Crippen LogP contribution in [0.25, 0.3) is 0 Å². The first-order chi connectivity index (χ1) is 12.3. The van der Waals surface area contributed by atoms with Crippen LogP contribution < -0.4 is 10.9 Å². The van der Waals surface area contributed by atoms with E-state index in [9.17, 15) is 19.2 Å². The average Bonchev–Trinajstić information content (AvgIpc) is 2.59. The molecule has 2 rings (SSSR count). The van der Waals surface area contributed by atoms with Gasteiger partial charge in [-0.1, -0.05) is 0 Å². The number of methoxy groups -OCH3 is 1. The van der Waals surface area contributed by atoms with Gasteiger partial charge < -0.3 is 19.2 Å². The van der Waals surface area contributed by atoms with Crippen molar-refractivity contribution in [3.63, 3.8) is 0 Å². The molecule has 0 atom stereocenters. The summed E-state index contributed by atoms with van der Waals surface area (Å²) in [6, 6.07) is 7.20. The van der Waals surface area contributed by atoms with Crippen molar-refractivity contribution >= 4 is 23.5 Å². The molecule has 1 amide bonds. The highest BCUT2D eigenvalue weighted by molar-refractivity contribution is 5.97. The van der Waals surface area contributed by atoms with Gasteiger partial charge in [0, 0.05) is 11.8 Å². The van der Waals surface area contributed by atoms with Crippen LogP contribution in [-0.2, 0) is 14.3 Å². The van der Waals surface area contributed by atoms with Gasteiger partial charge in [0.15, 0.2) is 6.61 Å². The van der Waals surface area contributed by atoms with Crippen LogP contribution in [0.4, 0.5) is 5.69 Å². The van der Waals surface area contributed by atoms with E-state index >= 15 is 0 Å². The topological polar surface area (TPSA) is 112 Å². The molecule has 0 aliphatic heterocycles. The molecular formula is C18H17NO7. The Morgan fingerprint density at radius 1 is 1.08 bits per heavy atom. The lowest BCUT2D eigenvalue weighted by Gasteiger charge is -2.09. The van der Waals surface area contributed by atoms with E-state index in [4.69, 9.17) is 9.15 Å². The van der Waals surface area contributed by atoms with E-state index < -0.39 is 30.1 Å². The second-order valence-electron chi connectivity index (χ2n) is 5.37. The Balaban J connectivity index is 1.95. The highest BCUT2D eigenvalue weighted by atomic mass is 16.5. The number of hydrogen-bond donors (Lipinski definition) is 1. The van der Waals surface area contributed by atoms with Crippen molar-refractivity contribution in [2.45, 2.75) is 13.8 Å². The van der Waals surface area contributed by atoms with Crippen LogP contribution >= 0.6 is 0 Å². The summed E-state index contributed by atoms with van der Waals surface area (Å²) in [4.78, 5) is 46.6. The Kier molecular flexibility index (Phi) is 5.90. The molecule has 0 aliphatic carbocycles. The molecule has 0 aliphatic rings. The van der Waals surface area contributed by atoms with Crippen LogP contribution in [-0.4, -0.2) is 31.6 Å². The predicted octanol–water partition coefficient (Wildman–Crippen LogP) is 1.84. The number of hydrogen-bond acceptors (Lipinski definition) is 7. The molecule has 1 aromatic carbocycles. The third kappa shape index (κ3) is 4.56. The van der Waals surface area contributed by atoms with E-state index in [1.54, 1.807) is 6.92 Å². The number of nitrogens with one attached hydrogen (secondary N) is 1.